The topological polar surface area (TPSA) is 56.2 Å². The standard InChI is InChI=1S/C13H11ClN4/c14-11-3-1-9(2-4-11)7-10-8-17-18-12(15)5-6-16-13(10)18/h1-6,8H,7,15H2. The molecule has 18 heavy (non-hydrogen) atoms. The van der Waals surface area contributed by atoms with E-state index < -0.39 is 0 Å². The van der Waals surface area contributed by atoms with Gasteiger partial charge in [-0.15, -0.1) is 0 Å². The molecule has 3 aromatic rings. The lowest BCUT2D eigenvalue weighted by atomic mass is 10.1. The summed E-state index contributed by atoms with van der Waals surface area (Å²) in [5.41, 5.74) is 8.83. The van der Waals surface area contributed by atoms with Gasteiger partial charge in [-0.1, -0.05) is 23.7 Å². The van der Waals surface area contributed by atoms with Crippen LogP contribution in [-0.4, -0.2) is 14.6 Å². The summed E-state index contributed by atoms with van der Waals surface area (Å²) in [6.45, 7) is 0. The molecule has 0 fully saturated rings. The smallest absolute Gasteiger partial charge is 0.160 e. The monoisotopic (exact) mass is 258 g/mol. The van der Waals surface area contributed by atoms with Gasteiger partial charge in [0.05, 0.1) is 6.20 Å². The second kappa shape index (κ2) is 4.31. The molecule has 2 aromatic heterocycles. The summed E-state index contributed by atoms with van der Waals surface area (Å²) in [5.74, 6) is 0.586. The van der Waals surface area contributed by atoms with Gasteiger partial charge in [0, 0.05) is 23.2 Å². The first-order valence-corrected chi connectivity index (χ1v) is 5.93. The first-order valence-electron chi connectivity index (χ1n) is 5.55. The molecule has 1 aromatic carbocycles. The molecule has 0 radical (unpaired) electrons. The number of benzene rings is 1. The Morgan fingerprint density at radius 3 is 2.72 bits per heavy atom. The number of hydrogen-bond donors (Lipinski definition) is 1. The van der Waals surface area contributed by atoms with Crippen LogP contribution in [-0.2, 0) is 6.42 Å². The van der Waals surface area contributed by atoms with Crippen LogP contribution in [0.1, 0.15) is 11.1 Å². The molecule has 2 N–H and O–H groups in total. The lowest BCUT2D eigenvalue weighted by Crippen LogP contribution is -1.99. The van der Waals surface area contributed by atoms with Gasteiger partial charge in [0.2, 0.25) is 0 Å². The second-order valence-corrected chi connectivity index (χ2v) is 4.51. The Balaban J connectivity index is 2.00. The normalized spacial score (nSPS) is 10.9. The van der Waals surface area contributed by atoms with E-state index in [1.165, 1.54) is 5.56 Å². The summed E-state index contributed by atoms with van der Waals surface area (Å²) in [5, 5.41) is 4.97. The highest BCUT2D eigenvalue weighted by atomic mass is 35.5. The van der Waals surface area contributed by atoms with Crippen LogP contribution < -0.4 is 5.73 Å². The predicted molar refractivity (Wildman–Crippen MR) is 71.7 cm³/mol. The fraction of sp³-hybridized carbons (Fsp3) is 0.0769. The molecular formula is C13H11ClN4. The molecule has 0 aliphatic carbocycles. The first-order chi connectivity index (χ1) is 8.74. The molecule has 0 amide bonds. The van der Waals surface area contributed by atoms with Crippen molar-refractivity contribution in [2.45, 2.75) is 6.42 Å². The van der Waals surface area contributed by atoms with Crippen LogP contribution in [0.25, 0.3) is 5.65 Å². The van der Waals surface area contributed by atoms with Crippen molar-refractivity contribution < 1.29 is 0 Å². The van der Waals surface area contributed by atoms with Crippen molar-refractivity contribution in [3.8, 4) is 0 Å². The molecule has 3 rings (SSSR count). The Kier molecular flexibility index (Phi) is 2.64. The zero-order chi connectivity index (χ0) is 12.5. The van der Waals surface area contributed by atoms with E-state index in [0.29, 0.717) is 5.82 Å². The van der Waals surface area contributed by atoms with E-state index in [-0.39, 0.29) is 0 Å². The lowest BCUT2D eigenvalue weighted by Gasteiger charge is -2.01. The van der Waals surface area contributed by atoms with Crippen molar-refractivity contribution in [3.63, 3.8) is 0 Å². The number of nitrogen functional groups attached to an aromatic ring is 1. The van der Waals surface area contributed by atoms with Crippen molar-refractivity contribution in [2.24, 2.45) is 0 Å². The molecule has 2 heterocycles. The lowest BCUT2D eigenvalue weighted by molar-refractivity contribution is 0.952. The minimum Gasteiger partial charge on any atom is -0.384 e. The van der Waals surface area contributed by atoms with Crippen molar-refractivity contribution in [1.29, 1.82) is 0 Å². The minimum absolute atomic E-state index is 0.586. The maximum atomic E-state index is 5.86. The highest BCUT2D eigenvalue weighted by Gasteiger charge is 2.07. The number of rotatable bonds is 2. The van der Waals surface area contributed by atoms with E-state index in [2.05, 4.69) is 10.1 Å². The summed E-state index contributed by atoms with van der Waals surface area (Å²) in [4.78, 5) is 4.31. The summed E-state index contributed by atoms with van der Waals surface area (Å²) >= 11 is 5.86. The number of halogens is 1. The van der Waals surface area contributed by atoms with E-state index in [9.17, 15) is 0 Å². The summed E-state index contributed by atoms with van der Waals surface area (Å²) < 4.78 is 1.64. The van der Waals surface area contributed by atoms with Crippen LogP contribution in [0.15, 0.2) is 42.7 Å². The van der Waals surface area contributed by atoms with Gasteiger partial charge >= 0.3 is 0 Å². The van der Waals surface area contributed by atoms with Crippen LogP contribution in [0.5, 0.6) is 0 Å². The summed E-state index contributed by atoms with van der Waals surface area (Å²) in [7, 11) is 0. The van der Waals surface area contributed by atoms with Gasteiger partial charge in [-0.3, -0.25) is 0 Å². The Morgan fingerprint density at radius 2 is 1.94 bits per heavy atom. The fourth-order valence-electron chi connectivity index (χ4n) is 1.90. The molecule has 0 saturated carbocycles. The molecule has 0 unspecified atom stereocenters. The quantitative estimate of drug-likeness (QED) is 0.769. The van der Waals surface area contributed by atoms with Gasteiger partial charge in [-0.05, 0) is 23.8 Å². The third kappa shape index (κ3) is 1.91. The highest BCUT2D eigenvalue weighted by molar-refractivity contribution is 6.30. The molecule has 90 valence electrons. The first kappa shape index (κ1) is 11.0. The number of nitrogens with zero attached hydrogens (tertiary/aromatic N) is 3. The van der Waals surface area contributed by atoms with Gasteiger partial charge < -0.3 is 5.73 Å². The number of anilines is 1. The molecule has 0 spiro atoms. The van der Waals surface area contributed by atoms with Gasteiger partial charge in [0.1, 0.15) is 5.82 Å². The second-order valence-electron chi connectivity index (χ2n) is 4.08. The Hall–Kier alpha value is -2.07. The van der Waals surface area contributed by atoms with Crippen LogP contribution >= 0.6 is 11.6 Å². The van der Waals surface area contributed by atoms with Crippen LogP contribution in [0.2, 0.25) is 5.02 Å². The van der Waals surface area contributed by atoms with Crippen molar-refractivity contribution in [2.75, 3.05) is 5.73 Å². The third-order valence-electron chi connectivity index (χ3n) is 2.81. The molecule has 0 saturated heterocycles. The molecule has 5 heteroatoms. The third-order valence-corrected chi connectivity index (χ3v) is 3.06. The maximum Gasteiger partial charge on any atom is 0.160 e. The predicted octanol–water partition coefficient (Wildman–Crippen LogP) is 2.56. The van der Waals surface area contributed by atoms with E-state index in [4.69, 9.17) is 17.3 Å². The van der Waals surface area contributed by atoms with Crippen LogP contribution in [0, 0.1) is 0 Å². The van der Waals surface area contributed by atoms with Crippen molar-refractivity contribution in [3.05, 3.63) is 58.9 Å². The Bertz CT molecular complexity index is 688. The zero-order valence-corrected chi connectivity index (χ0v) is 10.3. The van der Waals surface area contributed by atoms with E-state index in [1.807, 2.05) is 24.3 Å². The fourth-order valence-corrected chi connectivity index (χ4v) is 2.03. The highest BCUT2D eigenvalue weighted by Crippen LogP contribution is 2.17. The average Bonchev–Trinajstić information content (AvgIpc) is 2.77. The largest absolute Gasteiger partial charge is 0.384 e. The van der Waals surface area contributed by atoms with E-state index in [1.54, 1.807) is 23.0 Å². The van der Waals surface area contributed by atoms with Gasteiger partial charge in [0.15, 0.2) is 5.65 Å². The number of aromatic nitrogens is 3. The number of nitrogens with two attached hydrogens (primary N) is 1. The molecule has 0 bridgehead atoms. The molecular weight excluding hydrogens is 248 g/mol. The average molecular weight is 259 g/mol. The summed E-state index contributed by atoms with van der Waals surface area (Å²) in [6.07, 6.45) is 4.25. The Morgan fingerprint density at radius 1 is 1.17 bits per heavy atom. The van der Waals surface area contributed by atoms with E-state index >= 15 is 0 Å². The van der Waals surface area contributed by atoms with Gasteiger partial charge in [-0.25, -0.2) is 4.98 Å². The van der Waals surface area contributed by atoms with E-state index in [0.717, 1.165) is 22.7 Å². The molecule has 0 aliphatic heterocycles. The molecule has 0 aliphatic rings. The van der Waals surface area contributed by atoms with Gasteiger partial charge in [0.25, 0.3) is 0 Å². The molecule has 4 nitrogen and oxygen atoms in total. The van der Waals surface area contributed by atoms with Crippen LogP contribution in [0.3, 0.4) is 0 Å². The van der Waals surface area contributed by atoms with Crippen LogP contribution in [0.4, 0.5) is 5.82 Å². The SMILES string of the molecule is Nc1ccnc2c(Cc3ccc(Cl)cc3)cnn12. The maximum absolute atomic E-state index is 5.86. The zero-order valence-electron chi connectivity index (χ0n) is 9.55. The number of hydrogen-bond acceptors (Lipinski definition) is 3. The summed E-state index contributed by atoms with van der Waals surface area (Å²) in [6, 6.07) is 9.48. The minimum atomic E-state index is 0.586. The van der Waals surface area contributed by atoms with Gasteiger partial charge in [-0.2, -0.15) is 9.61 Å². The van der Waals surface area contributed by atoms with Crippen molar-refractivity contribution in [1.82, 2.24) is 14.6 Å². The molecule has 0 atom stereocenters. The Labute approximate surface area is 109 Å². The van der Waals surface area contributed by atoms with Crippen molar-refractivity contribution >= 4 is 23.1 Å². The number of fused-ring (bicyclic) bond motifs is 1.